The van der Waals surface area contributed by atoms with E-state index in [1.54, 1.807) is 18.2 Å². The molecule has 1 aromatic carbocycles. The van der Waals surface area contributed by atoms with Crippen LogP contribution in [-0.4, -0.2) is 10.2 Å². The maximum Gasteiger partial charge on any atom is 0.0999 e. The highest BCUT2D eigenvalue weighted by molar-refractivity contribution is 5.43. The molecule has 0 amide bonds. The Labute approximate surface area is 70.5 Å². The highest BCUT2D eigenvalue weighted by Crippen LogP contribution is 2.13. The third-order valence-corrected chi connectivity index (χ3v) is 1.69. The van der Waals surface area contributed by atoms with Crippen LogP contribution in [0.5, 0.6) is 0 Å². The Morgan fingerprint density at radius 1 is 1.17 bits per heavy atom. The van der Waals surface area contributed by atoms with Crippen LogP contribution in [0.25, 0.3) is 0 Å². The Morgan fingerprint density at radius 2 is 1.67 bits per heavy atom. The van der Waals surface area contributed by atoms with Gasteiger partial charge >= 0.3 is 0 Å². The lowest BCUT2D eigenvalue weighted by molar-refractivity contribution is 0.274. The van der Waals surface area contributed by atoms with Crippen LogP contribution in [0.1, 0.15) is 16.7 Å². The largest absolute Gasteiger partial charge is 0.392 e. The van der Waals surface area contributed by atoms with E-state index in [9.17, 15) is 0 Å². The van der Waals surface area contributed by atoms with Crippen LogP contribution >= 0.6 is 0 Å². The summed E-state index contributed by atoms with van der Waals surface area (Å²) in [6.45, 7) is -0.340. The molecular weight excluding hydrogens is 154 g/mol. The van der Waals surface area contributed by atoms with Crippen LogP contribution in [0.2, 0.25) is 0 Å². The number of hydrogen-bond donors (Lipinski definition) is 2. The van der Waals surface area contributed by atoms with Crippen LogP contribution in [0.3, 0.4) is 0 Å². The van der Waals surface area contributed by atoms with Gasteiger partial charge < -0.3 is 10.2 Å². The zero-order valence-corrected chi connectivity index (χ0v) is 6.49. The van der Waals surface area contributed by atoms with E-state index in [0.717, 1.165) is 0 Å². The maximum atomic E-state index is 8.84. The highest BCUT2D eigenvalue weighted by atomic mass is 16.3. The molecule has 0 aromatic heterocycles. The fourth-order valence-electron chi connectivity index (χ4n) is 1.06. The zero-order valence-electron chi connectivity index (χ0n) is 6.49. The van der Waals surface area contributed by atoms with E-state index < -0.39 is 0 Å². The lowest BCUT2D eigenvalue weighted by Crippen LogP contribution is -1.95. The summed E-state index contributed by atoms with van der Waals surface area (Å²) >= 11 is 0. The van der Waals surface area contributed by atoms with Crippen molar-refractivity contribution in [2.24, 2.45) is 0 Å². The van der Waals surface area contributed by atoms with Gasteiger partial charge in [0.15, 0.2) is 0 Å². The van der Waals surface area contributed by atoms with Crippen molar-refractivity contribution in [2.75, 3.05) is 0 Å². The van der Waals surface area contributed by atoms with E-state index in [1.165, 1.54) is 0 Å². The van der Waals surface area contributed by atoms with Gasteiger partial charge in [0.05, 0.1) is 24.8 Å². The molecule has 0 unspecified atom stereocenters. The molecule has 0 atom stereocenters. The molecule has 0 saturated carbocycles. The number of aliphatic hydroxyl groups is 2. The van der Waals surface area contributed by atoms with E-state index >= 15 is 0 Å². The molecule has 0 aliphatic rings. The molecule has 0 spiro atoms. The average Bonchev–Trinajstić information content (AvgIpc) is 2.16. The van der Waals surface area contributed by atoms with Gasteiger partial charge in [-0.3, -0.25) is 0 Å². The minimum atomic E-state index is -0.170. The van der Waals surface area contributed by atoms with Crippen molar-refractivity contribution < 1.29 is 10.2 Å². The van der Waals surface area contributed by atoms with Crippen molar-refractivity contribution >= 4 is 0 Å². The maximum absolute atomic E-state index is 8.84. The third kappa shape index (κ3) is 1.45. The van der Waals surface area contributed by atoms with E-state index in [4.69, 9.17) is 15.5 Å². The molecule has 1 aromatic rings. The first-order valence-corrected chi connectivity index (χ1v) is 3.56. The summed E-state index contributed by atoms with van der Waals surface area (Å²) in [4.78, 5) is 0. The lowest BCUT2D eigenvalue weighted by Gasteiger charge is -2.03. The number of nitrogens with zero attached hydrogens (tertiary/aromatic N) is 1. The van der Waals surface area contributed by atoms with Crippen molar-refractivity contribution in [1.82, 2.24) is 0 Å². The molecule has 0 radical (unpaired) electrons. The van der Waals surface area contributed by atoms with Gasteiger partial charge in [0.25, 0.3) is 0 Å². The van der Waals surface area contributed by atoms with Crippen molar-refractivity contribution in [3.63, 3.8) is 0 Å². The second-order valence-electron chi connectivity index (χ2n) is 2.38. The predicted molar refractivity (Wildman–Crippen MR) is 43.0 cm³/mol. The average molecular weight is 163 g/mol. The predicted octanol–water partition coefficient (Wildman–Crippen LogP) is 0.543. The second kappa shape index (κ2) is 3.86. The SMILES string of the molecule is N#Cc1c(CO)cccc1CO. The van der Waals surface area contributed by atoms with Gasteiger partial charge in [0, 0.05) is 0 Å². The number of rotatable bonds is 2. The molecule has 3 nitrogen and oxygen atoms in total. The summed E-state index contributed by atoms with van der Waals surface area (Å²) in [6.07, 6.45) is 0. The normalized spacial score (nSPS) is 9.42. The van der Waals surface area contributed by atoms with Gasteiger partial charge in [-0.15, -0.1) is 0 Å². The Morgan fingerprint density at radius 3 is 2.00 bits per heavy atom. The molecule has 0 aliphatic carbocycles. The molecular formula is C9H9NO2. The lowest BCUT2D eigenvalue weighted by atomic mass is 10.0. The number of aliphatic hydroxyl groups excluding tert-OH is 2. The van der Waals surface area contributed by atoms with E-state index in [0.29, 0.717) is 16.7 Å². The molecule has 2 N–H and O–H groups in total. The highest BCUT2D eigenvalue weighted by Gasteiger charge is 2.04. The molecule has 12 heavy (non-hydrogen) atoms. The Kier molecular flexibility index (Phi) is 2.81. The Hall–Kier alpha value is -1.37. The monoisotopic (exact) mass is 163 g/mol. The fourth-order valence-corrected chi connectivity index (χ4v) is 1.06. The summed E-state index contributed by atoms with van der Waals surface area (Å²) in [7, 11) is 0. The zero-order chi connectivity index (χ0) is 8.97. The quantitative estimate of drug-likeness (QED) is 0.668. The van der Waals surface area contributed by atoms with Crippen molar-refractivity contribution in [2.45, 2.75) is 13.2 Å². The fraction of sp³-hybridized carbons (Fsp3) is 0.222. The minimum Gasteiger partial charge on any atom is -0.392 e. The van der Waals surface area contributed by atoms with E-state index in [2.05, 4.69) is 0 Å². The van der Waals surface area contributed by atoms with Crippen molar-refractivity contribution in [3.8, 4) is 6.07 Å². The van der Waals surface area contributed by atoms with Gasteiger partial charge in [0.2, 0.25) is 0 Å². The van der Waals surface area contributed by atoms with Crippen LogP contribution in [0.4, 0.5) is 0 Å². The Bertz CT molecular complexity index is 293. The first-order chi connectivity index (χ1) is 5.83. The Balaban J connectivity index is 3.25. The second-order valence-corrected chi connectivity index (χ2v) is 2.38. The molecule has 1 rings (SSSR count). The summed E-state index contributed by atoms with van der Waals surface area (Å²) < 4.78 is 0. The van der Waals surface area contributed by atoms with Gasteiger partial charge in [-0.05, 0) is 11.1 Å². The minimum absolute atomic E-state index is 0.170. The van der Waals surface area contributed by atoms with Gasteiger partial charge in [-0.1, -0.05) is 18.2 Å². The molecule has 3 heteroatoms. The molecule has 0 fully saturated rings. The summed E-state index contributed by atoms with van der Waals surface area (Å²) in [6, 6.07) is 6.98. The third-order valence-electron chi connectivity index (χ3n) is 1.69. The van der Waals surface area contributed by atoms with Crippen LogP contribution in [0.15, 0.2) is 18.2 Å². The van der Waals surface area contributed by atoms with Crippen molar-refractivity contribution in [1.29, 1.82) is 5.26 Å². The van der Waals surface area contributed by atoms with E-state index in [1.807, 2.05) is 6.07 Å². The molecule has 0 aliphatic heterocycles. The number of hydrogen-bond acceptors (Lipinski definition) is 3. The molecule has 0 bridgehead atoms. The van der Waals surface area contributed by atoms with Crippen LogP contribution in [0, 0.1) is 11.3 Å². The van der Waals surface area contributed by atoms with Crippen molar-refractivity contribution in [3.05, 3.63) is 34.9 Å². The standard InChI is InChI=1S/C9H9NO2/c10-4-9-7(5-11)2-1-3-8(9)6-12/h1-3,11-12H,5-6H2. The summed E-state index contributed by atoms with van der Waals surface area (Å²) in [5, 5.41) is 26.4. The summed E-state index contributed by atoms with van der Waals surface area (Å²) in [5.41, 5.74) is 1.50. The number of benzene rings is 1. The first kappa shape index (κ1) is 8.72. The number of nitriles is 1. The topological polar surface area (TPSA) is 64.2 Å². The smallest absolute Gasteiger partial charge is 0.0999 e. The van der Waals surface area contributed by atoms with Crippen LogP contribution in [-0.2, 0) is 13.2 Å². The molecule has 0 saturated heterocycles. The summed E-state index contributed by atoms with van der Waals surface area (Å²) in [5.74, 6) is 0. The van der Waals surface area contributed by atoms with E-state index in [-0.39, 0.29) is 13.2 Å². The van der Waals surface area contributed by atoms with Gasteiger partial charge in [-0.25, -0.2) is 0 Å². The first-order valence-electron chi connectivity index (χ1n) is 3.56. The van der Waals surface area contributed by atoms with Gasteiger partial charge in [0.1, 0.15) is 0 Å². The molecule has 62 valence electrons. The van der Waals surface area contributed by atoms with Crippen LogP contribution < -0.4 is 0 Å². The van der Waals surface area contributed by atoms with Gasteiger partial charge in [-0.2, -0.15) is 5.26 Å². The molecule has 0 heterocycles.